The van der Waals surface area contributed by atoms with Crippen LogP contribution in [0.2, 0.25) is 5.02 Å². The number of anilines is 2. The maximum Gasteiger partial charge on any atom is 0.257 e. The van der Waals surface area contributed by atoms with E-state index >= 15 is 0 Å². The van der Waals surface area contributed by atoms with Gasteiger partial charge in [0.1, 0.15) is 0 Å². The molecule has 0 aliphatic carbocycles. The number of likely N-dealkylation sites (N-methyl/N-ethyl adjacent to an activating group) is 1. The lowest BCUT2D eigenvalue weighted by atomic mass is 10.1. The Hall–Kier alpha value is -2.92. The number of hydrogen-bond acceptors (Lipinski definition) is 4. The predicted octanol–water partition coefficient (Wildman–Crippen LogP) is 4.37. The Morgan fingerprint density at radius 2 is 1.93 bits per heavy atom. The number of hydrogen-bond donors (Lipinski definition) is 1. The maximum absolute atomic E-state index is 12.6. The first-order valence-corrected chi connectivity index (χ1v) is 9.04. The van der Waals surface area contributed by atoms with Gasteiger partial charge in [0.25, 0.3) is 5.91 Å². The molecular weight excluding hydrogens is 360 g/mol. The van der Waals surface area contributed by atoms with Crippen LogP contribution in [0.5, 0.6) is 0 Å². The summed E-state index contributed by atoms with van der Waals surface area (Å²) >= 11 is 6.12. The van der Waals surface area contributed by atoms with Crippen LogP contribution in [0, 0.1) is 6.92 Å². The molecule has 3 aromatic rings. The molecule has 138 valence electrons. The minimum Gasteiger partial charge on any atom is -0.373 e. The van der Waals surface area contributed by atoms with Gasteiger partial charge in [0, 0.05) is 42.9 Å². The SMILES string of the molecule is Cc1c(Cl)cccc1NC(=O)c1cncc(N(C)CCc2ccncc2)c1. The summed E-state index contributed by atoms with van der Waals surface area (Å²) in [6.45, 7) is 2.68. The first-order chi connectivity index (χ1) is 13.0. The third-order valence-corrected chi connectivity index (χ3v) is 4.84. The zero-order valence-corrected chi connectivity index (χ0v) is 16.1. The van der Waals surface area contributed by atoms with Crippen molar-refractivity contribution in [2.24, 2.45) is 0 Å². The van der Waals surface area contributed by atoms with E-state index in [0.29, 0.717) is 16.3 Å². The Balaban J connectivity index is 1.69. The third-order valence-electron chi connectivity index (χ3n) is 4.43. The number of halogens is 1. The first-order valence-electron chi connectivity index (χ1n) is 8.66. The molecule has 5 nitrogen and oxygen atoms in total. The molecule has 1 aromatic carbocycles. The fourth-order valence-corrected chi connectivity index (χ4v) is 2.85. The van der Waals surface area contributed by atoms with Crippen LogP contribution in [0.15, 0.2) is 61.2 Å². The van der Waals surface area contributed by atoms with E-state index in [1.54, 1.807) is 30.9 Å². The summed E-state index contributed by atoms with van der Waals surface area (Å²) in [5, 5.41) is 3.52. The van der Waals surface area contributed by atoms with Crippen molar-refractivity contribution in [3.63, 3.8) is 0 Å². The molecule has 0 atom stereocenters. The van der Waals surface area contributed by atoms with Crippen LogP contribution in [-0.4, -0.2) is 29.5 Å². The highest BCUT2D eigenvalue weighted by Crippen LogP contribution is 2.24. The fraction of sp³-hybridized carbons (Fsp3) is 0.190. The second-order valence-electron chi connectivity index (χ2n) is 6.33. The van der Waals surface area contributed by atoms with E-state index in [2.05, 4.69) is 20.2 Å². The number of amides is 1. The van der Waals surface area contributed by atoms with Gasteiger partial charge in [-0.3, -0.25) is 14.8 Å². The second kappa shape index (κ2) is 8.64. The molecule has 0 spiro atoms. The average Bonchev–Trinajstić information content (AvgIpc) is 2.70. The van der Waals surface area contributed by atoms with E-state index in [1.807, 2.05) is 44.3 Å². The Morgan fingerprint density at radius 3 is 2.70 bits per heavy atom. The summed E-state index contributed by atoms with van der Waals surface area (Å²) in [5.41, 5.74) is 4.15. The van der Waals surface area contributed by atoms with Gasteiger partial charge in [-0.05, 0) is 54.8 Å². The van der Waals surface area contributed by atoms with E-state index in [1.165, 1.54) is 5.56 Å². The highest BCUT2D eigenvalue weighted by molar-refractivity contribution is 6.31. The summed E-state index contributed by atoms with van der Waals surface area (Å²) in [6.07, 6.45) is 7.79. The van der Waals surface area contributed by atoms with Gasteiger partial charge in [0.05, 0.1) is 17.4 Å². The molecular formula is C21H21ClN4O. The van der Waals surface area contributed by atoms with Crippen molar-refractivity contribution < 1.29 is 4.79 Å². The molecule has 0 fully saturated rings. The number of aromatic nitrogens is 2. The molecule has 3 rings (SSSR count). The summed E-state index contributed by atoms with van der Waals surface area (Å²) in [6, 6.07) is 11.3. The number of carbonyl (C=O) groups excluding carboxylic acids is 1. The van der Waals surface area contributed by atoms with Crippen LogP contribution in [0.4, 0.5) is 11.4 Å². The van der Waals surface area contributed by atoms with Gasteiger partial charge in [0.15, 0.2) is 0 Å². The van der Waals surface area contributed by atoms with Gasteiger partial charge in [-0.25, -0.2) is 0 Å². The number of nitrogens with one attached hydrogen (secondary N) is 1. The van der Waals surface area contributed by atoms with Crippen molar-refractivity contribution in [2.75, 3.05) is 23.8 Å². The molecule has 1 amide bonds. The standard InChI is InChI=1S/C21H21ClN4O/c1-15-19(22)4-3-5-20(15)25-21(27)17-12-18(14-24-13-17)26(2)11-8-16-6-9-23-10-7-16/h3-7,9-10,12-14H,8,11H2,1-2H3,(H,25,27). The van der Waals surface area contributed by atoms with E-state index in [0.717, 1.165) is 24.2 Å². The zero-order chi connectivity index (χ0) is 19.2. The van der Waals surface area contributed by atoms with Crippen molar-refractivity contribution in [1.82, 2.24) is 9.97 Å². The van der Waals surface area contributed by atoms with Crippen molar-refractivity contribution in [3.05, 3.63) is 82.9 Å². The quantitative estimate of drug-likeness (QED) is 0.689. The number of benzene rings is 1. The molecule has 0 aliphatic heterocycles. The van der Waals surface area contributed by atoms with Crippen molar-refractivity contribution in [1.29, 1.82) is 0 Å². The van der Waals surface area contributed by atoms with Crippen LogP contribution in [0.1, 0.15) is 21.5 Å². The highest BCUT2D eigenvalue weighted by Gasteiger charge is 2.11. The Morgan fingerprint density at radius 1 is 1.15 bits per heavy atom. The van der Waals surface area contributed by atoms with Gasteiger partial charge in [-0.15, -0.1) is 0 Å². The summed E-state index contributed by atoms with van der Waals surface area (Å²) in [4.78, 5) is 22.9. The summed E-state index contributed by atoms with van der Waals surface area (Å²) in [7, 11) is 1.99. The van der Waals surface area contributed by atoms with Gasteiger partial charge in [0.2, 0.25) is 0 Å². The van der Waals surface area contributed by atoms with Crippen molar-refractivity contribution >= 4 is 28.9 Å². The molecule has 0 aliphatic rings. The zero-order valence-electron chi connectivity index (χ0n) is 15.3. The van der Waals surface area contributed by atoms with Crippen LogP contribution in [-0.2, 0) is 6.42 Å². The van der Waals surface area contributed by atoms with Crippen LogP contribution in [0.3, 0.4) is 0 Å². The minimum absolute atomic E-state index is 0.211. The molecule has 6 heteroatoms. The lowest BCUT2D eigenvalue weighted by Crippen LogP contribution is -2.21. The molecule has 0 unspecified atom stereocenters. The van der Waals surface area contributed by atoms with E-state index < -0.39 is 0 Å². The summed E-state index contributed by atoms with van der Waals surface area (Å²) < 4.78 is 0. The highest BCUT2D eigenvalue weighted by atomic mass is 35.5. The molecule has 0 saturated heterocycles. The Bertz CT molecular complexity index is 930. The smallest absolute Gasteiger partial charge is 0.257 e. The van der Waals surface area contributed by atoms with Gasteiger partial charge >= 0.3 is 0 Å². The average molecular weight is 381 g/mol. The summed E-state index contributed by atoms with van der Waals surface area (Å²) in [5.74, 6) is -0.211. The molecule has 2 heterocycles. The van der Waals surface area contributed by atoms with Gasteiger partial charge in [-0.2, -0.15) is 0 Å². The monoisotopic (exact) mass is 380 g/mol. The Labute approximate surface area is 164 Å². The minimum atomic E-state index is -0.211. The maximum atomic E-state index is 12.6. The number of pyridine rings is 2. The van der Waals surface area contributed by atoms with Crippen LogP contribution >= 0.6 is 11.6 Å². The number of carbonyl (C=O) groups is 1. The number of rotatable bonds is 6. The first kappa shape index (κ1) is 18.9. The van der Waals surface area contributed by atoms with Gasteiger partial charge < -0.3 is 10.2 Å². The Kier molecular flexibility index (Phi) is 6.04. The van der Waals surface area contributed by atoms with E-state index in [-0.39, 0.29) is 5.91 Å². The van der Waals surface area contributed by atoms with E-state index in [4.69, 9.17) is 11.6 Å². The molecule has 0 saturated carbocycles. The van der Waals surface area contributed by atoms with Crippen molar-refractivity contribution in [3.8, 4) is 0 Å². The fourth-order valence-electron chi connectivity index (χ4n) is 2.67. The molecule has 2 aromatic heterocycles. The normalized spacial score (nSPS) is 10.5. The lowest BCUT2D eigenvalue weighted by molar-refractivity contribution is 0.102. The molecule has 0 bridgehead atoms. The topological polar surface area (TPSA) is 58.1 Å². The predicted molar refractivity (Wildman–Crippen MR) is 110 cm³/mol. The van der Waals surface area contributed by atoms with Crippen LogP contribution < -0.4 is 10.2 Å². The van der Waals surface area contributed by atoms with Gasteiger partial charge in [-0.1, -0.05) is 17.7 Å². The second-order valence-corrected chi connectivity index (χ2v) is 6.73. The lowest BCUT2D eigenvalue weighted by Gasteiger charge is -2.19. The van der Waals surface area contributed by atoms with Crippen molar-refractivity contribution in [2.45, 2.75) is 13.3 Å². The molecule has 27 heavy (non-hydrogen) atoms. The van der Waals surface area contributed by atoms with Crippen LogP contribution in [0.25, 0.3) is 0 Å². The number of nitrogens with zero attached hydrogens (tertiary/aromatic N) is 3. The molecule has 0 radical (unpaired) electrons. The molecule has 1 N–H and O–H groups in total. The third kappa shape index (κ3) is 4.83. The van der Waals surface area contributed by atoms with E-state index in [9.17, 15) is 4.79 Å². The largest absolute Gasteiger partial charge is 0.373 e.